The molecule has 2 aliphatic rings. The van der Waals surface area contributed by atoms with E-state index in [4.69, 9.17) is 0 Å². The summed E-state index contributed by atoms with van der Waals surface area (Å²) in [4.78, 5) is 17.8. The number of likely N-dealkylation sites (tertiary alicyclic amines) is 1. The molecule has 7 heteroatoms. The van der Waals surface area contributed by atoms with Gasteiger partial charge in [-0.25, -0.2) is 0 Å². The minimum absolute atomic E-state index is 0.00525. The van der Waals surface area contributed by atoms with Gasteiger partial charge in [0.05, 0.1) is 23.8 Å². The Morgan fingerprint density at radius 2 is 2.00 bits per heavy atom. The highest BCUT2D eigenvalue weighted by Crippen LogP contribution is 2.26. The number of benzene rings is 1. The number of hydrogen-bond acceptors (Lipinski definition) is 4. The molecule has 1 atom stereocenters. The van der Waals surface area contributed by atoms with Crippen LogP contribution < -0.4 is 0 Å². The molecule has 0 bridgehead atoms. The van der Waals surface area contributed by atoms with Gasteiger partial charge in [-0.3, -0.25) is 14.2 Å². The molecule has 2 aromatic heterocycles. The molecular formula is C20H24N6O. The molecule has 2 aliphatic heterocycles. The van der Waals surface area contributed by atoms with Gasteiger partial charge in [-0.05, 0) is 38.1 Å². The Kier molecular flexibility index (Phi) is 3.97. The Bertz CT molecular complexity index is 983. The Balaban J connectivity index is 1.45. The minimum atomic E-state index is 0.00525. The van der Waals surface area contributed by atoms with Gasteiger partial charge in [0, 0.05) is 31.7 Å². The summed E-state index contributed by atoms with van der Waals surface area (Å²) in [6, 6.07) is 10.1. The fourth-order valence-electron chi connectivity index (χ4n) is 4.46. The Labute approximate surface area is 158 Å². The van der Waals surface area contributed by atoms with Gasteiger partial charge in [0.1, 0.15) is 0 Å². The van der Waals surface area contributed by atoms with Gasteiger partial charge in [-0.2, -0.15) is 10.2 Å². The molecule has 1 aromatic carbocycles. The molecule has 3 aromatic rings. The van der Waals surface area contributed by atoms with E-state index in [2.05, 4.69) is 19.8 Å². The van der Waals surface area contributed by atoms with Crippen LogP contribution in [-0.4, -0.2) is 61.4 Å². The zero-order valence-corrected chi connectivity index (χ0v) is 15.6. The van der Waals surface area contributed by atoms with E-state index in [0.29, 0.717) is 18.8 Å². The van der Waals surface area contributed by atoms with Crippen LogP contribution in [0.15, 0.2) is 36.5 Å². The lowest BCUT2D eigenvalue weighted by molar-refractivity contribution is 0.0641. The van der Waals surface area contributed by atoms with Gasteiger partial charge in [0.25, 0.3) is 5.91 Å². The largest absolute Gasteiger partial charge is 0.329 e. The van der Waals surface area contributed by atoms with E-state index in [9.17, 15) is 4.79 Å². The summed E-state index contributed by atoms with van der Waals surface area (Å²) >= 11 is 0. The van der Waals surface area contributed by atoms with Crippen molar-refractivity contribution < 1.29 is 4.79 Å². The molecule has 7 nitrogen and oxygen atoms in total. The zero-order chi connectivity index (χ0) is 18.4. The quantitative estimate of drug-likeness (QED) is 0.714. The van der Waals surface area contributed by atoms with Crippen molar-refractivity contribution in [2.24, 2.45) is 7.05 Å². The Morgan fingerprint density at radius 3 is 2.85 bits per heavy atom. The van der Waals surface area contributed by atoms with Crippen molar-refractivity contribution in [3.63, 3.8) is 0 Å². The number of amides is 1. The first-order chi connectivity index (χ1) is 13.2. The highest BCUT2D eigenvalue weighted by atomic mass is 16.2. The number of aryl methyl sites for hydroxylation is 1. The smallest absolute Gasteiger partial charge is 0.275 e. The Morgan fingerprint density at radius 1 is 1.19 bits per heavy atom. The van der Waals surface area contributed by atoms with E-state index in [1.54, 1.807) is 4.68 Å². The van der Waals surface area contributed by atoms with Crippen molar-refractivity contribution in [1.29, 1.82) is 0 Å². The van der Waals surface area contributed by atoms with Crippen LogP contribution >= 0.6 is 0 Å². The first-order valence-electron chi connectivity index (χ1n) is 9.66. The van der Waals surface area contributed by atoms with Crippen molar-refractivity contribution in [1.82, 2.24) is 29.4 Å². The molecule has 140 valence electrons. The molecule has 5 rings (SSSR count). The molecule has 0 unspecified atom stereocenters. The lowest BCUT2D eigenvalue weighted by Crippen LogP contribution is -2.45. The normalized spacial score (nSPS) is 20.3. The second-order valence-electron chi connectivity index (χ2n) is 7.60. The highest BCUT2D eigenvalue weighted by molar-refractivity contribution is 6.04. The molecule has 1 saturated heterocycles. The summed E-state index contributed by atoms with van der Waals surface area (Å²) in [6.45, 7) is 4.49. The number of rotatable bonds is 3. The van der Waals surface area contributed by atoms with E-state index in [0.717, 1.165) is 36.2 Å². The van der Waals surface area contributed by atoms with E-state index < -0.39 is 0 Å². The molecule has 0 aliphatic carbocycles. The molecule has 0 saturated carbocycles. The van der Waals surface area contributed by atoms with Crippen LogP contribution in [-0.2, 0) is 13.6 Å². The number of hydrogen-bond donors (Lipinski definition) is 0. The fourth-order valence-corrected chi connectivity index (χ4v) is 4.46. The topological polar surface area (TPSA) is 59.2 Å². The Hall–Kier alpha value is -2.67. The average Bonchev–Trinajstić information content (AvgIpc) is 3.42. The fraction of sp³-hybridized carbons (Fsp3) is 0.450. The third-order valence-electron chi connectivity index (χ3n) is 5.80. The van der Waals surface area contributed by atoms with Crippen LogP contribution in [0.4, 0.5) is 0 Å². The predicted octanol–water partition coefficient (Wildman–Crippen LogP) is 2.06. The standard InChI is InChI=1S/C20H24N6O/c1-23-18-7-3-2-6-17(18)19(22-23)20(27)25-13-15-8-9-21-26(15)16(14-25)12-24-10-4-5-11-24/h2-3,6-9,16H,4-5,10-14H2,1H3/t16-/m0/s1. The van der Waals surface area contributed by atoms with Gasteiger partial charge >= 0.3 is 0 Å². The summed E-state index contributed by atoms with van der Waals surface area (Å²) in [6.07, 6.45) is 4.37. The van der Waals surface area contributed by atoms with Crippen LogP contribution in [0.5, 0.6) is 0 Å². The number of nitrogens with zero attached hydrogens (tertiary/aromatic N) is 6. The number of para-hydroxylation sites is 1. The summed E-state index contributed by atoms with van der Waals surface area (Å²) in [5.41, 5.74) is 2.62. The van der Waals surface area contributed by atoms with Crippen LogP contribution in [0.2, 0.25) is 0 Å². The highest BCUT2D eigenvalue weighted by Gasteiger charge is 2.32. The predicted molar refractivity (Wildman–Crippen MR) is 102 cm³/mol. The second kappa shape index (κ2) is 6.49. The monoisotopic (exact) mass is 364 g/mol. The molecule has 0 spiro atoms. The minimum Gasteiger partial charge on any atom is -0.329 e. The van der Waals surface area contributed by atoms with E-state index in [1.807, 2.05) is 48.5 Å². The first-order valence-corrected chi connectivity index (χ1v) is 9.66. The van der Waals surface area contributed by atoms with Gasteiger partial charge in [-0.1, -0.05) is 18.2 Å². The third-order valence-corrected chi connectivity index (χ3v) is 5.80. The van der Waals surface area contributed by atoms with Crippen molar-refractivity contribution in [3.05, 3.63) is 47.9 Å². The average molecular weight is 364 g/mol. The molecule has 0 radical (unpaired) electrons. The first kappa shape index (κ1) is 16.5. The third kappa shape index (κ3) is 2.82. The number of carbonyl (C=O) groups is 1. The molecule has 4 heterocycles. The van der Waals surface area contributed by atoms with Gasteiger partial charge in [-0.15, -0.1) is 0 Å². The van der Waals surface area contributed by atoms with Gasteiger partial charge in [0.15, 0.2) is 5.69 Å². The number of fused-ring (bicyclic) bond motifs is 2. The van der Waals surface area contributed by atoms with E-state index in [1.165, 1.54) is 12.8 Å². The molecule has 1 fully saturated rings. The number of aromatic nitrogens is 4. The molecular weight excluding hydrogens is 340 g/mol. The van der Waals surface area contributed by atoms with Crippen LogP contribution in [0.1, 0.15) is 35.1 Å². The maximum absolute atomic E-state index is 13.3. The van der Waals surface area contributed by atoms with E-state index in [-0.39, 0.29) is 11.9 Å². The summed E-state index contributed by atoms with van der Waals surface area (Å²) < 4.78 is 3.90. The van der Waals surface area contributed by atoms with Crippen molar-refractivity contribution in [2.45, 2.75) is 25.4 Å². The van der Waals surface area contributed by atoms with Crippen molar-refractivity contribution in [2.75, 3.05) is 26.2 Å². The van der Waals surface area contributed by atoms with Crippen molar-refractivity contribution >= 4 is 16.8 Å². The van der Waals surface area contributed by atoms with Gasteiger partial charge < -0.3 is 9.80 Å². The van der Waals surface area contributed by atoms with Crippen LogP contribution in [0.3, 0.4) is 0 Å². The van der Waals surface area contributed by atoms with Crippen molar-refractivity contribution in [3.8, 4) is 0 Å². The lowest BCUT2D eigenvalue weighted by atomic mass is 10.1. The molecule has 1 amide bonds. The van der Waals surface area contributed by atoms with Crippen LogP contribution in [0.25, 0.3) is 10.9 Å². The maximum atomic E-state index is 13.3. The second-order valence-corrected chi connectivity index (χ2v) is 7.60. The summed E-state index contributed by atoms with van der Waals surface area (Å²) in [7, 11) is 1.89. The SMILES string of the molecule is Cn1nc(C(=O)N2Cc3ccnn3[C@@H](CN3CCCC3)C2)c2ccccc21. The summed E-state index contributed by atoms with van der Waals surface area (Å²) in [5, 5.41) is 9.98. The lowest BCUT2D eigenvalue weighted by Gasteiger charge is -2.35. The molecule has 27 heavy (non-hydrogen) atoms. The number of carbonyl (C=O) groups excluding carboxylic acids is 1. The molecule has 0 N–H and O–H groups in total. The van der Waals surface area contributed by atoms with Gasteiger partial charge in [0.2, 0.25) is 0 Å². The summed E-state index contributed by atoms with van der Waals surface area (Å²) in [5.74, 6) is 0.00525. The van der Waals surface area contributed by atoms with Crippen LogP contribution in [0, 0.1) is 0 Å². The maximum Gasteiger partial charge on any atom is 0.275 e. The van der Waals surface area contributed by atoms with E-state index >= 15 is 0 Å². The zero-order valence-electron chi connectivity index (χ0n) is 15.6.